The van der Waals surface area contributed by atoms with Crippen LogP contribution in [0, 0.1) is 0 Å². The summed E-state index contributed by atoms with van der Waals surface area (Å²) >= 11 is 0. The third-order valence-corrected chi connectivity index (χ3v) is 2.93. The summed E-state index contributed by atoms with van der Waals surface area (Å²) in [4.78, 5) is 24.8. The average molecular weight is 266 g/mol. The fraction of sp³-hybridized carbons (Fsp3) is 0.333. The van der Waals surface area contributed by atoms with Crippen molar-refractivity contribution >= 4 is 11.8 Å². The number of hydrogen-bond donors (Lipinski definition) is 3. The zero-order valence-electron chi connectivity index (χ0n) is 10.1. The van der Waals surface area contributed by atoms with E-state index in [4.69, 9.17) is 10.5 Å². The number of nitrogens with two attached hydrogens (primary N) is 1. The molecule has 1 aliphatic rings. The molecule has 19 heavy (non-hydrogen) atoms. The molecule has 0 radical (unpaired) electrons. The number of nitrogens with zero attached hydrogens (tertiary/aromatic N) is 1. The van der Waals surface area contributed by atoms with Crippen LogP contribution in [0.3, 0.4) is 0 Å². The van der Waals surface area contributed by atoms with Crippen molar-refractivity contribution in [1.82, 2.24) is 4.90 Å². The Morgan fingerprint density at radius 3 is 2.79 bits per heavy atom. The van der Waals surface area contributed by atoms with Crippen LogP contribution in [0.1, 0.15) is 10.4 Å². The number of rotatable bonds is 2. The van der Waals surface area contributed by atoms with E-state index in [0.29, 0.717) is 0 Å². The molecule has 1 aromatic rings. The Balaban J connectivity index is 2.31. The average Bonchev–Trinajstić information content (AvgIpc) is 2.40. The first-order valence-electron chi connectivity index (χ1n) is 5.70. The number of hydrogen-bond acceptors (Lipinski definition) is 5. The lowest BCUT2D eigenvalue weighted by atomic mass is 10.1. The number of carbonyl (C=O) groups is 2. The predicted molar refractivity (Wildman–Crippen MR) is 64.6 cm³/mol. The topological polar surface area (TPSA) is 113 Å². The maximum atomic E-state index is 12.3. The molecular weight excluding hydrogens is 252 g/mol. The van der Waals surface area contributed by atoms with Crippen LogP contribution in [-0.2, 0) is 9.53 Å². The van der Waals surface area contributed by atoms with E-state index in [0.717, 1.165) is 6.07 Å². The van der Waals surface area contributed by atoms with Crippen molar-refractivity contribution < 1.29 is 24.5 Å². The van der Waals surface area contributed by atoms with Gasteiger partial charge in [0, 0.05) is 6.54 Å². The maximum Gasteiger partial charge on any atom is 0.258 e. The Labute approximate surface area is 109 Å². The van der Waals surface area contributed by atoms with Crippen molar-refractivity contribution in [2.75, 3.05) is 19.8 Å². The number of phenolic OH excluding ortho intramolecular Hbond substituents is 2. The van der Waals surface area contributed by atoms with Crippen LogP contribution >= 0.6 is 0 Å². The number of ether oxygens (including phenoxy) is 1. The summed E-state index contributed by atoms with van der Waals surface area (Å²) in [6.45, 7) is 0.511. The van der Waals surface area contributed by atoms with Crippen molar-refractivity contribution in [3.05, 3.63) is 23.8 Å². The minimum Gasteiger partial charge on any atom is -0.508 e. The summed E-state index contributed by atoms with van der Waals surface area (Å²) in [7, 11) is 0. The van der Waals surface area contributed by atoms with Crippen molar-refractivity contribution in [2.24, 2.45) is 5.73 Å². The molecule has 2 rings (SSSR count). The predicted octanol–water partition coefficient (Wildman–Crippen LogP) is -0.576. The number of carbonyl (C=O) groups excluding carboxylic acids is 2. The van der Waals surface area contributed by atoms with Gasteiger partial charge in [-0.05, 0) is 18.2 Å². The molecule has 2 amide bonds. The molecular formula is C12H14N2O5. The van der Waals surface area contributed by atoms with Crippen molar-refractivity contribution in [2.45, 2.75) is 6.04 Å². The van der Waals surface area contributed by atoms with Gasteiger partial charge >= 0.3 is 0 Å². The molecule has 1 unspecified atom stereocenters. The highest BCUT2D eigenvalue weighted by atomic mass is 16.5. The molecule has 0 aliphatic carbocycles. The quantitative estimate of drug-likeness (QED) is 0.620. The van der Waals surface area contributed by atoms with E-state index in [2.05, 4.69) is 0 Å². The highest BCUT2D eigenvalue weighted by molar-refractivity contribution is 5.99. The van der Waals surface area contributed by atoms with Crippen LogP contribution in [-0.4, -0.2) is 52.7 Å². The van der Waals surface area contributed by atoms with Crippen LogP contribution in [0.2, 0.25) is 0 Å². The first-order valence-corrected chi connectivity index (χ1v) is 5.70. The van der Waals surface area contributed by atoms with Gasteiger partial charge in [0.2, 0.25) is 5.91 Å². The summed E-state index contributed by atoms with van der Waals surface area (Å²) in [6.07, 6.45) is 0. The second-order valence-electron chi connectivity index (χ2n) is 4.19. The fourth-order valence-corrected chi connectivity index (χ4v) is 1.93. The van der Waals surface area contributed by atoms with Gasteiger partial charge in [-0.15, -0.1) is 0 Å². The Hall–Kier alpha value is -2.28. The molecule has 0 aromatic heterocycles. The normalized spacial score (nSPS) is 19.2. The molecule has 1 aliphatic heterocycles. The summed E-state index contributed by atoms with van der Waals surface area (Å²) in [6, 6.07) is 2.74. The van der Waals surface area contributed by atoms with Gasteiger partial charge < -0.3 is 25.6 Å². The van der Waals surface area contributed by atoms with Gasteiger partial charge in [-0.3, -0.25) is 9.59 Å². The van der Waals surface area contributed by atoms with Gasteiger partial charge in [0.05, 0.1) is 18.8 Å². The second-order valence-corrected chi connectivity index (χ2v) is 4.19. The molecule has 0 saturated carbocycles. The van der Waals surface area contributed by atoms with Gasteiger partial charge in [-0.25, -0.2) is 0 Å². The number of aromatic hydroxyl groups is 2. The molecule has 1 atom stereocenters. The zero-order valence-corrected chi connectivity index (χ0v) is 10.1. The monoisotopic (exact) mass is 266 g/mol. The Kier molecular flexibility index (Phi) is 3.57. The maximum absolute atomic E-state index is 12.3. The summed E-state index contributed by atoms with van der Waals surface area (Å²) < 4.78 is 5.11. The van der Waals surface area contributed by atoms with Crippen molar-refractivity contribution in [3.63, 3.8) is 0 Å². The number of phenols is 2. The van der Waals surface area contributed by atoms with E-state index in [1.54, 1.807) is 0 Å². The lowest BCUT2D eigenvalue weighted by molar-refractivity contribution is -0.127. The first-order chi connectivity index (χ1) is 9.00. The number of primary amides is 1. The third kappa shape index (κ3) is 2.60. The molecule has 7 nitrogen and oxygen atoms in total. The molecule has 1 aromatic carbocycles. The smallest absolute Gasteiger partial charge is 0.258 e. The second kappa shape index (κ2) is 5.15. The van der Waals surface area contributed by atoms with Crippen molar-refractivity contribution in [1.29, 1.82) is 0 Å². The first kappa shape index (κ1) is 13.2. The molecule has 7 heteroatoms. The van der Waals surface area contributed by atoms with Crippen LogP contribution in [0.5, 0.6) is 11.5 Å². The largest absolute Gasteiger partial charge is 0.508 e. The highest BCUT2D eigenvalue weighted by Crippen LogP contribution is 2.24. The molecule has 1 fully saturated rings. The van der Waals surface area contributed by atoms with Gasteiger partial charge in [0.15, 0.2) is 0 Å². The number of morpholine rings is 1. The Morgan fingerprint density at radius 2 is 2.11 bits per heavy atom. The van der Waals surface area contributed by atoms with E-state index in [9.17, 15) is 19.8 Å². The molecule has 1 heterocycles. The van der Waals surface area contributed by atoms with Gasteiger partial charge in [-0.2, -0.15) is 0 Å². The van der Waals surface area contributed by atoms with Crippen molar-refractivity contribution in [3.8, 4) is 11.5 Å². The Morgan fingerprint density at radius 1 is 1.37 bits per heavy atom. The standard InChI is InChI=1S/C12H14N2O5/c13-11(17)9-6-19-4-3-14(9)12(18)8-5-7(15)1-2-10(8)16/h1-2,5,9,15-16H,3-4,6H2,(H2,13,17). The number of benzene rings is 1. The van der Waals surface area contributed by atoms with E-state index in [-0.39, 0.29) is 36.8 Å². The van der Waals surface area contributed by atoms with E-state index in [1.807, 2.05) is 0 Å². The Bertz CT molecular complexity index is 517. The van der Waals surface area contributed by atoms with Gasteiger partial charge in [0.25, 0.3) is 5.91 Å². The van der Waals surface area contributed by atoms with E-state index in [1.165, 1.54) is 17.0 Å². The van der Waals surface area contributed by atoms with Crippen LogP contribution < -0.4 is 5.73 Å². The van der Waals surface area contributed by atoms with Gasteiger partial charge in [-0.1, -0.05) is 0 Å². The zero-order chi connectivity index (χ0) is 14.0. The highest BCUT2D eigenvalue weighted by Gasteiger charge is 2.33. The molecule has 0 bridgehead atoms. The fourth-order valence-electron chi connectivity index (χ4n) is 1.93. The summed E-state index contributed by atoms with van der Waals surface area (Å²) in [5.74, 6) is -1.66. The van der Waals surface area contributed by atoms with Crippen LogP contribution in [0.15, 0.2) is 18.2 Å². The van der Waals surface area contributed by atoms with Gasteiger partial charge in [0.1, 0.15) is 17.5 Å². The summed E-state index contributed by atoms with van der Waals surface area (Å²) in [5.41, 5.74) is 5.14. The minimum absolute atomic E-state index is 0.0284. The van der Waals surface area contributed by atoms with Crippen LogP contribution in [0.25, 0.3) is 0 Å². The van der Waals surface area contributed by atoms with E-state index < -0.39 is 17.9 Å². The minimum atomic E-state index is -0.872. The molecule has 1 saturated heterocycles. The molecule has 0 spiro atoms. The summed E-state index contributed by atoms with van der Waals surface area (Å²) in [5, 5.41) is 19.0. The van der Waals surface area contributed by atoms with Crippen LogP contribution in [0.4, 0.5) is 0 Å². The van der Waals surface area contributed by atoms with E-state index >= 15 is 0 Å². The number of amides is 2. The molecule has 4 N–H and O–H groups in total. The third-order valence-electron chi connectivity index (χ3n) is 2.93. The lowest BCUT2D eigenvalue weighted by Gasteiger charge is -2.33. The molecule has 102 valence electrons. The SMILES string of the molecule is NC(=O)C1COCCN1C(=O)c1cc(O)ccc1O. The lowest BCUT2D eigenvalue weighted by Crippen LogP contribution is -2.54.